The summed E-state index contributed by atoms with van der Waals surface area (Å²) >= 11 is 0. The lowest BCUT2D eigenvalue weighted by Gasteiger charge is -2.16. The molecule has 0 atom stereocenters. The van der Waals surface area contributed by atoms with Gasteiger partial charge in [-0.05, 0) is 38.5 Å². The molecular weight excluding hydrogens is 192 g/mol. The number of methoxy groups -OCH3 is 2. The molecule has 0 saturated carbocycles. The Balaban J connectivity index is 3.53. The minimum absolute atomic E-state index is 0.662. The molecular formula is C12H26O3. The molecule has 0 amide bonds. The average molecular weight is 218 g/mol. The highest BCUT2D eigenvalue weighted by atomic mass is 16.5. The Morgan fingerprint density at radius 2 is 1.47 bits per heavy atom. The Morgan fingerprint density at radius 3 is 1.87 bits per heavy atom. The molecule has 0 heterocycles. The molecule has 0 fully saturated rings. The summed E-state index contributed by atoms with van der Waals surface area (Å²) in [5.74, 6) is 0.662. The molecule has 0 aromatic carbocycles. The molecule has 0 spiro atoms. The molecule has 3 heteroatoms. The maximum absolute atomic E-state index is 5.48. The number of hydrogen-bond acceptors (Lipinski definition) is 3. The van der Waals surface area contributed by atoms with Crippen LogP contribution in [0.25, 0.3) is 0 Å². The third-order valence-electron chi connectivity index (χ3n) is 2.48. The first kappa shape index (κ1) is 14.9. The van der Waals surface area contributed by atoms with Gasteiger partial charge < -0.3 is 14.2 Å². The molecule has 0 saturated heterocycles. The van der Waals surface area contributed by atoms with Gasteiger partial charge in [0.15, 0.2) is 0 Å². The summed E-state index contributed by atoms with van der Waals surface area (Å²) in [6, 6.07) is 0. The lowest BCUT2D eigenvalue weighted by Crippen LogP contribution is -2.11. The summed E-state index contributed by atoms with van der Waals surface area (Å²) < 4.78 is 15.6. The van der Waals surface area contributed by atoms with E-state index in [1.807, 2.05) is 6.92 Å². The topological polar surface area (TPSA) is 27.7 Å². The van der Waals surface area contributed by atoms with E-state index in [0.717, 1.165) is 39.3 Å². The molecule has 0 aliphatic rings. The number of rotatable bonds is 11. The van der Waals surface area contributed by atoms with Gasteiger partial charge in [0, 0.05) is 40.6 Å². The van der Waals surface area contributed by atoms with Crippen LogP contribution in [0.15, 0.2) is 0 Å². The van der Waals surface area contributed by atoms with Gasteiger partial charge in [0.2, 0.25) is 0 Å². The highest BCUT2D eigenvalue weighted by Gasteiger charge is 2.08. The van der Waals surface area contributed by atoms with E-state index < -0.39 is 0 Å². The standard InChI is InChI=1S/C12H26O3/c1-4-15-11-12(7-5-9-13-2)8-6-10-14-3/h12H,4-11H2,1-3H3. The van der Waals surface area contributed by atoms with Crippen molar-refractivity contribution in [1.82, 2.24) is 0 Å². The summed E-state index contributed by atoms with van der Waals surface area (Å²) in [7, 11) is 3.50. The van der Waals surface area contributed by atoms with Crippen molar-refractivity contribution in [3.63, 3.8) is 0 Å². The second-order valence-electron chi connectivity index (χ2n) is 3.80. The van der Waals surface area contributed by atoms with Crippen LogP contribution in [-0.2, 0) is 14.2 Å². The van der Waals surface area contributed by atoms with E-state index in [9.17, 15) is 0 Å². The van der Waals surface area contributed by atoms with Crippen LogP contribution >= 0.6 is 0 Å². The third kappa shape index (κ3) is 10.2. The summed E-state index contributed by atoms with van der Waals surface area (Å²) in [4.78, 5) is 0. The molecule has 0 radical (unpaired) electrons. The van der Waals surface area contributed by atoms with Gasteiger partial charge in [-0.3, -0.25) is 0 Å². The molecule has 0 bridgehead atoms. The van der Waals surface area contributed by atoms with Gasteiger partial charge in [-0.25, -0.2) is 0 Å². The Hall–Kier alpha value is -0.120. The molecule has 15 heavy (non-hydrogen) atoms. The first-order valence-corrected chi connectivity index (χ1v) is 5.90. The Kier molecular flexibility index (Phi) is 11.9. The second kappa shape index (κ2) is 12.0. The van der Waals surface area contributed by atoms with Gasteiger partial charge in [0.05, 0.1) is 0 Å². The van der Waals surface area contributed by atoms with E-state index in [0.29, 0.717) is 5.92 Å². The fraction of sp³-hybridized carbons (Fsp3) is 1.00. The average Bonchev–Trinajstić information content (AvgIpc) is 2.25. The predicted molar refractivity (Wildman–Crippen MR) is 62.2 cm³/mol. The summed E-state index contributed by atoms with van der Waals surface area (Å²) in [5, 5.41) is 0. The van der Waals surface area contributed by atoms with Crippen LogP contribution in [0, 0.1) is 5.92 Å². The van der Waals surface area contributed by atoms with Crippen LogP contribution < -0.4 is 0 Å². The first-order valence-electron chi connectivity index (χ1n) is 5.90. The molecule has 0 aromatic rings. The zero-order chi connectivity index (χ0) is 11.4. The van der Waals surface area contributed by atoms with Crippen molar-refractivity contribution in [2.75, 3.05) is 40.6 Å². The van der Waals surface area contributed by atoms with Crippen LogP contribution in [0.2, 0.25) is 0 Å². The summed E-state index contributed by atoms with van der Waals surface area (Å²) in [6.07, 6.45) is 4.64. The van der Waals surface area contributed by atoms with E-state index in [1.165, 1.54) is 12.8 Å². The Labute approximate surface area is 94.1 Å². The zero-order valence-electron chi connectivity index (χ0n) is 10.5. The van der Waals surface area contributed by atoms with E-state index in [4.69, 9.17) is 14.2 Å². The fourth-order valence-corrected chi connectivity index (χ4v) is 1.63. The number of ether oxygens (including phenoxy) is 3. The highest BCUT2D eigenvalue weighted by molar-refractivity contribution is 4.59. The smallest absolute Gasteiger partial charge is 0.0494 e. The molecule has 0 unspecified atom stereocenters. The lowest BCUT2D eigenvalue weighted by atomic mass is 9.99. The van der Waals surface area contributed by atoms with Crippen LogP contribution in [0.1, 0.15) is 32.6 Å². The molecule has 3 nitrogen and oxygen atoms in total. The second-order valence-corrected chi connectivity index (χ2v) is 3.80. The quantitative estimate of drug-likeness (QED) is 0.499. The van der Waals surface area contributed by atoms with Crippen LogP contribution in [0.5, 0.6) is 0 Å². The minimum atomic E-state index is 0.662. The van der Waals surface area contributed by atoms with Gasteiger partial charge in [0.25, 0.3) is 0 Å². The van der Waals surface area contributed by atoms with Crippen LogP contribution in [0.3, 0.4) is 0 Å². The van der Waals surface area contributed by atoms with Crippen molar-refractivity contribution in [3.05, 3.63) is 0 Å². The highest BCUT2D eigenvalue weighted by Crippen LogP contribution is 2.14. The maximum Gasteiger partial charge on any atom is 0.0494 e. The lowest BCUT2D eigenvalue weighted by molar-refractivity contribution is 0.0911. The van der Waals surface area contributed by atoms with E-state index >= 15 is 0 Å². The third-order valence-corrected chi connectivity index (χ3v) is 2.48. The van der Waals surface area contributed by atoms with Gasteiger partial charge in [0.1, 0.15) is 0 Å². The molecule has 0 aromatic heterocycles. The van der Waals surface area contributed by atoms with Crippen molar-refractivity contribution in [2.24, 2.45) is 5.92 Å². The van der Waals surface area contributed by atoms with Gasteiger partial charge in [-0.15, -0.1) is 0 Å². The van der Waals surface area contributed by atoms with Crippen LogP contribution in [-0.4, -0.2) is 40.6 Å². The van der Waals surface area contributed by atoms with Crippen molar-refractivity contribution < 1.29 is 14.2 Å². The van der Waals surface area contributed by atoms with Crippen molar-refractivity contribution in [3.8, 4) is 0 Å². The molecule has 0 aliphatic carbocycles. The fourth-order valence-electron chi connectivity index (χ4n) is 1.63. The van der Waals surface area contributed by atoms with Crippen molar-refractivity contribution in [1.29, 1.82) is 0 Å². The first-order chi connectivity index (χ1) is 7.35. The molecule has 0 N–H and O–H groups in total. The van der Waals surface area contributed by atoms with Gasteiger partial charge >= 0.3 is 0 Å². The predicted octanol–water partition coefficient (Wildman–Crippen LogP) is 2.49. The van der Waals surface area contributed by atoms with Gasteiger partial charge in [-0.1, -0.05) is 0 Å². The SMILES string of the molecule is CCOCC(CCCOC)CCCOC. The maximum atomic E-state index is 5.48. The Bertz CT molecular complexity index is 107. The Morgan fingerprint density at radius 1 is 0.933 bits per heavy atom. The molecule has 92 valence electrons. The largest absolute Gasteiger partial charge is 0.385 e. The van der Waals surface area contributed by atoms with Crippen molar-refractivity contribution >= 4 is 0 Å². The minimum Gasteiger partial charge on any atom is -0.385 e. The van der Waals surface area contributed by atoms with Gasteiger partial charge in [-0.2, -0.15) is 0 Å². The summed E-state index contributed by atoms with van der Waals surface area (Å²) in [5.41, 5.74) is 0. The normalized spacial score (nSPS) is 11.2. The molecule has 0 aliphatic heterocycles. The van der Waals surface area contributed by atoms with E-state index in [2.05, 4.69) is 0 Å². The summed E-state index contributed by atoms with van der Waals surface area (Å²) in [6.45, 7) is 5.44. The zero-order valence-corrected chi connectivity index (χ0v) is 10.5. The van der Waals surface area contributed by atoms with E-state index in [-0.39, 0.29) is 0 Å². The molecule has 0 rings (SSSR count). The van der Waals surface area contributed by atoms with Crippen LogP contribution in [0.4, 0.5) is 0 Å². The number of hydrogen-bond donors (Lipinski definition) is 0. The van der Waals surface area contributed by atoms with Crippen molar-refractivity contribution in [2.45, 2.75) is 32.6 Å². The van der Waals surface area contributed by atoms with E-state index in [1.54, 1.807) is 14.2 Å². The monoisotopic (exact) mass is 218 g/mol.